The third-order valence-electron chi connectivity index (χ3n) is 4.84. The molecule has 0 heterocycles. The van der Waals surface area contributed by atoms with Crippen LogP contribution < -0.4 is 0 Å². The highest BCUT2D eigenvalue weighted by Gasteiger charge is 2.59. The second kappa shape index (κ2) is 3.47. The van der Waals surface area contributed by atoms with E-state index < -0.39 is 11.2 Å². The van der Waals surface area contributed by atoms with Crippen LogP contribution in [0.25, 0.3) is 0 Å². The molecule has 0 aromatic heterocycles. The van der Waals surface area contributed by atoms with Gasteiger partial charge in [0, 0.05) is 6.42 Å². The quantitative estimate of drug-likeness (QED) is 0.705. The normalized spacial score (nSPS) is 26.4. The smallest absolute Gasteiger partial charge is 0.180 e. The molecule has 4 rings (SSSR count). The number of fused-ring (bicyclic) bond motifs is 4. The van der Waals surface area contributed by atoms with E-state index in [1.165, 1.54) is 5.56 Å². The molecule has 2 aromatic carbocycles. The highest BCUT2D eigenvalue weighted by Crippen LogP contribution is 2.55. The van der Waals surface area contributed by atoms with Gasteiger partial charge in [-0.3, -0.25) is 0 Å². The highest BCUT2D eigenvalue weighted by molar-refractivity contribution is 5.56. The molecule has 1 atom stereocenters. The lowest BCUT2D eigenvalue weighted by atomic mass is 9.73. The van der Waals surface area contributed by atoms with E-state index in [1.807, 2.05) is 42.5 Å². The van der Waals surface area contributed by atoms with Crippen molar-refractivity contribution in [3.05, 3.63) is 70.8 Å². The summed E-state index contributed by atoms with van der Waals surface area (Å²) in [6.07, 6.45) is 2.00. The van der Waals surface area contributed by atoms with Crippen molar-refractivity contribution < 1.29 is 10.2 Å². The molecule has 2 N–H and O–H groups in total. The minimum Gasteiger partial charge on any atom is -0.364 e. The van der Waals surface area contributed by atoms with Crippen LogP contribution in [0.15, 0.2) is 48.5 Å². The van der Waals surface area contributed by atoms with Crippen LogP contribution in [0, 0.1) is 0 Å². The third kappa shape index (κ3) is 1.23. The standard InChI is InChI=1S/C17H16O2/c18-17(19)11-13-6-2-4-8-15(13)16(17)10-9-12-5-1-3-7-14(12)16/h1-8,18-19H,9-11H2. The molecule has 0 bridgehead atoms. The summed E-state index contributed by atoms with van der Waals surface area (Å²) in [5.41, 5.74) is 3.84. The summed E-state index contributed by atoms with van der Waals surface area (Å²) < 4.78 is 0. The second-order valence-corrected chi connectivity index (χ2v) is 5.71. The van der Waals surface area contributed by atoms with Crippen molar-refractivity contribution in [2.45, 2.75) is 30.5 Å². The molecule has 0 radical (unpaired) electrons. The zero-order valence-corrected chi connectivity index (χ0v) is 10.6. The molecule has 96 valence electrons. The summed E-state index contributed by atoms with van der Waals surface area (Å²) >= 11 is 0. The molecule has 2 aromatic rings. The van der Waals surface area contributed by atoms with E-state index in [4.69, 9.17) is 0 Å². The van der Waals surface area contributed by atoms with E-state index in [0.717, 1.165) is 29.5 Å². The Hall–Kier alpha value is -1.64. The van der Waals surface area contributed by atoms with Crippen LogP contribution in [0.3, 0.4) is 0 Å². The van der Waals surface area contributed by atoms with E-state index in [2.05, 4.69) is 6.07 Å². The summed E-state index contributed by atoms with van der Waals surface area (Å²) in [7, 11) is 0. The monoisotopic (exact) mass is 252 g/mol. The molecule has 19 heavy (non-hydrogen) atoms. The van der Waals surface area contributed by atoms with Gasteiger partial charge in [0.15, 0.2) is 5.79 Å². The average Bonchev–Trinajstić information content (AvgIpc) is 2.90. The van der Waals surface area contributed by atoms with E-state index in [0.29, 0.717) is 6.42 Å². The maximum absolute atomic E-state index is 10.7. The van der Waals surface area contributed by atoms with Crippen LogP contribution in [0.1, 0.15) is 28.7 Å². The molecule has 2 heteroatoms. The Morgan fingerprint density at radius 3 is 2.11 bits per heavy atom. The zero-order valence-electron chi connectivity index (χ0n) is 10.6. The molecule has 2 aliphatic carbocycles. The molecule has 1 unspecified atom stereocenters. The van der Waals surface area contributed by atoms with Gasteiger partial charge in [0.25, 0.3) is 0 Å². The highest BCUT2D eigenvalue weighted by atomic mass is 16.5. The van der Waals surface area contributed by atoms with Gasteiger partial charge in [-0.25, -0.2) is 0 Å². The van der Waals surface area contributed by atoms with Crippen LogP contribution in [0.2, 0.25) is 0 Å². The predicted molar refractivity (Wildman–Crippen MR) is 72.9 cm³/mol. The van der Waals surface area contributed by atoms with Gasteiger partial charge in [-0.1, -0.05) is 48.5 Å². The number of benzene rings is 2. The van der Waals surface area contributed by atoms with Gasteiger partial charge < -0.3 is 10.2 Å². The number of hydrogen-bond acceptors (Lipinski definition) is 2. The van der Waals surface area contributed by atoms with Gasteiger partial charge in [-0.2, -0.15) is 0 Å². The SMILES string of the molecule is OC1(O)Cc2ccccc2C12CCc1ccccc12. The first-order valence-electron chi connectivity index (χ1n) is 6.77. The van der Waals surface area contributed by atoms with Crippen LogP contribution in [0.4, 0.5) is 0 Å². The largest absolute Gasteiger partial charge is 0.364 e. The number of aliphatic hydroxyl groups is 2. The minimum atomic E-state index is -1.68. The van der Waals surface area contributed by atoms with E-state index >= 15 is 0 Å². The molecule has 0 fully saturated rings. The van der Waals surface area contributed by atoms with Crippen LogP contribution in [-0.2, 0) is 18.3 Å². The molecule has 1 spiro atoms. The van der Waals surface area contributed by atoms with E-state index in [-0.39, 0.29) is 0 Å². The lowest BCUT2D eigenvalue weighted by molar-refractivity contribution is -0.192. The predicted octanol–water partition coefficient (Wildman–Crippen LogP) is 2.16. The Balaban J connectivity index is 2.05. The van der Waals surface area contributed by atoms with Gasteiger partial charge in [-0.15, -0.1) is 0 Å². The Morgan fingerprint density at radius 2 is 1.37 bits per heavy atom. The number of hydrogen-bond donors (Lipinski definition) is 2. The van der Waals surface area contributed by atoms with Crippen LogP contribution in [-0.4, -0.2) is 16.0 Å². The summed E-state index contributed by atoms with van der Waals surface area (Å²) in [5.74, 6) is -1.68. The topological polar surface area (TPSA) is 40.5 Å². The molecule has 2 aliphatic rings. The molecule has 0 saturated carbocycles. The average molecular weight is 252 g/mol. The first-order chi connectivity index (χ1) is 9.15. The number of rotatable bonds is 0. The summed E-state index contributed by atoms with van der Waals surface area (Å²) in [6, 6.07) is 16.2. The first kappa shape index (κ1) is 11.2. The first-order valence-corrected chi connectivity index (χ1v) is 6.77. The van der Waals surface area contributed by atoms with Crippen molar-refractivity contribution in [3.63, 3.8) is 0 Å². The fourth-order valence-electron chi connectivity index (χ4n) is 4.03. The molecule has 0 saturated heterocycles. The Bertz CT molecular complexity index is 647. The molecule has 0 aliphatic heterocycles. The van der Waals surface area contributed by atoms with Crippen molar-refractivity contribution in [1.29, 1.82) is 0 Å². The molecule has 0 amide bonds. The van der Waals surface area contributed by atoms with Crippen molar-refractivity contribution in [1.82, 2.24) is 0 Å². The van der Waals surface area contributed by atoms with Crippen molar-refractivity contribution >= 4 is 0 Å². The van der Waals surface area contributed by atoms with Crippen LogP contribution >= 0.6 is 0 Å². The third-order valence-corrected chi connectivity index (χ3v) is 4.84. The van der Waals surface area contributed by atoms with Crippen molar-refractivity contribution in [2.24, 2.45) is 0 Å². The van der Waals surface area contributed by atoms with Crippen molar-refractivity contribution in [2.75, 3.05) is 0 Å². The Kier molecular flexibility index (Phi) is 2.05. The summed E-state index contributed by atoms with van der Waals surface area (Å²) in [4.78, 5) is 0. The van der Waals surface area contributed by atoms with Gasteiger partial charge in [0.1, 0.15) is 0 Å². The summed E-state index contributed by atoms with van der Waals surface area (Å²) in [5, 5.41) is 21.3. The van der Waals surface area contributed by atoms with Gasteiger partial charge >= 0.3 is 0 Å². The maximum atomic E-state index is 10.7. The van der Waals surface area contributed by atoms with Gasteiger partial charge in [-0.05, 0) is 35.1 Å². The minimum absolute atomic E-state index is 0.317. The maximum Gasteiger partial charge on any atom is 0.180 e. The zero-order chi connectivity index (χ0) is 13.1. The summed E-state index contributed by atoms with van der Waals surface area (Å²) in [6.45, 7) is 0. The second-order valence-electron chi connectivity index (χ2n) is 5.71. The van der Waals surface area contributed by atoms with Crippen molar-refractivity contribution in [3.8, 4) is 0 Å². The Morgan fingerprint density at radius 1 is 0.789 bits per heavy atom. The molecule has 2 nitrogen and oxygen atoms in total. The fourth-order valence-corrected chi connectivity index (χ4v) is 4.03. The van der Waals surface area contributed by atoms with Gasteiger partial charge in [0.2, 0.25) is 0 Å². The molecular weight excluding hydrogens is 236 g/mol. The lowest BCUT2D eigenvalue weighted by Gasteiger charge is -2.37. The Labute approximate surface area is 112 Å². The van der Waals surface area contributed by atoms with E-state index in [9.17, 15) is 10.2 Å². The fraction of sp³-hybridized carbons (Fsp3) is 0.294. The molecular formula is C17H16O2. The van der Waals surface area contributed by atoms with Gasteiger partial charge in [0.05, 0.1) is 5.41 Å². The number of aryl methyl sites for hydroxylation is 1. The lowest BCUT2D eigenvalue weighted by Crippen LogP contribution is -2.48. The van der Waals surface area contributed by atoms with E-state index in [1.54, 1.807) is 0 Å². The van der Waals surface area contributed by atoms with Crippen LogP contribution in [0.5, 0.6) is 0 Å².